The van der Waals surface area contributed by atoms with Gasteiger partial charge in [0, 0.05) is 18.1 Å². The lowest BCUT2D eigenvalue weighted by Crippen LogP contribution is -2.55. The van der Waals surface area contributed by atoms with Gasteiger partial charge in [-0.3, -0.25) is 0 Å². The normalized spacial score (nSPS) is 12.4. The summed E-state index contributed by atoms with van der Waals surface area (Å²) in [6.07, 6.45) is 3.81. The molecule has 1 aliphatic heterocycles. The second-order valence-corrected chi connectivity index (χ2v) is 8.31. The van der Waals surface area contributed by atoms with Gasteiger partial charge in [-0.05, 0) is 46.9 Å². The maximum Gasteiger partial charge on any atom is 0.417 e. The van der Waals surface area contributed by atoms with Crippen LogP contribution in [-0.2, 0) is 0 Å². The van der Waals surface area contributed by atoms with E-state index >= 15 is 0 Å². The van der Waals surface area contributed by atoms with Gasteiger partial charge >= 0.3 is 6.98 Å². The third-order valence-electron chi connectivity index (χ3n) is 6.46. The molecule has 2 heterocycles. The van der Waals surface area contributed by atoms with Crippen LogP contribution in [0.4, 0.5) is 5.69 Å². The molecule has 6 rings (SSSR count). The molecule has 0 aliphatic carbocycles. The lowest BCUT2D eigenvalue weighted by molar-refractivity contribution is 0.477. The number of anilines is 1. The van der Waals surface area contributed by atoms with E-state index in [0.717, 1.165) is 17.1 Å². The Hall–Kier alpha value is -4.25. The number of aromatic hydroxyl groups is 1. The fourth-order valence-corrected chi connectivity index (χ4v) is 4.99. The molecule has 0 saturated heterocycles. The number of aromatic nitrogens is 2. The van der Waals surface area contributed by atoms with Crippen molar-refractivity contribution in [2.75, 3.05) is 11.9 Å². The second-order valence-electron chi connectivity index (χ2n) is 8.31. The van der Waals surface area contributed by atoms with Crippen LogP contribution in [0.25, 0.3) is 33.6 Å². The monoisotopic (exact) mass is 427 g/mol. The van der Waals surface area contributed by atoms with Gasteiger partial charge in [0.25, 0.3) is 0 Å². The first-order chi connectivity index (χ1) is 16.2. The van der Waals surface area contributed by atoms with Crippen LogP contribution in [0.2, 0.25) is 0 Å². The number of hydrogen-bond donors (Lipinski definition) is 1. The van der Waals surface area contributed by atoms with E-state index in [4.69, 9.17) is 0 Å². The molecule has 0 unspecified atom stereocenters. The smallest absolute Gasteiger partial charge is 0.417 e. The molecule has 0 fully saturated rings. The zero-order valence-electron chi connectivity index (χ0n) is 18.3. The second kappa shape index (κ2) is 7.71. The molecule has 0 spiro atoms. The topological polar surface area (TPSA) is 41.3 Å². The van der Waals surface area contributed by atoms with Gasteiger partial charge in [0.05, 0.1) is 5.56 Å². The number of fused-ring (bicyclic) bond motifs is 3. The molecule has 0 bridgehead atoms. The molecule has 0 radical (unpaired) electrons. The molecule has 1 aromatic heterocycles. The molecule has 0 atom stereocenters. The van der Waals surface area contributed by atoms with E-state index in [1.54, 1.807) is 6.07 Å². The van der Waals surface area contributed by atoms with E-state index in [0.29, 0.717) is 0 Å². The zero-order valence-corrected chi connectivity index (χ0v) is 18.3. The summed E-state index contributed by atoms with van der Waals surface area (Å²) in [5.41, 5.74) is 7.61. The minimum absolute atomic E-state index is 0.136. The Bertz CT molecular complexity index is 1390. The van der Waals surface area contributed by atoms with Crippen molar-refractivity contribution in [3.8, 4) is 39.4 Å². The lowest BCUT2D eigenvalue weighted by Gasteiger charge is -2.36. The van der Waals surface area contributed by atoms with Gasteiger partial charge in [0.2, 0.25) is 0 Å². The largest absolute Gasteiger partial charge is 0.507 e. The van der Waals surface area contributed by atoms with Gasteiger partial charge in [0.1, 0.15) is 11.6 Å². The maximum absolute atomic E-state index is 10.7. The van der Waals surface area contributed by atoms with Crippen molar-refractivity contribution in [3.05, 3.63) is 109 Å². The number of hydrogen-bond acceptors (Lipinski definition) is 3. The molecule has 1 N–H and O–H groups in total. The first-order valence-electron chi connectivity index (χ1n) is 11.1. The first kappa shape index (κ1) is 19.4. The first-order valence-corrected chi connectivity index (χ1v) is 11.1. The van der Waals surface area contributed by atoms with Gasteiger partial charge in [0.15, 0.2) is 0 Å². The Balaban J connectivity index is 1.67. The average molecular weight is 427 g/mol. The quantitative estimate of drug-likeness (QED) is 0.398. The number of imidazole rings is 1. The standard InChI is InChI=1S/C28H22BN3O/c1-31-24-16-9-17-25(33)26(24)28-30-18-19-32(28)29(31)27-22(20-10-4-2-5-11-20)14-8-15-23(27)21-12-6-3-7-13-21/h2-19,33H,1H3. The molecule has 5 aromatic rings. The summed E-state index contributed by atoms with van der Waals surface area (Å²) >= 11 is 0. The Labute approximate surface area is 193 Å². The fraction of sp³-hybridized carbons (Fsp3) is 0.0357. The van der Waals surface area contributed by atoms with Gasteiger partial charge in [-0.15, -0.1) is 0 Å². The van der Waals surface area contributed by atoms with E-state index in [2.05, 4.69) is 88.1 Å². The summed E-state index contributed by atoms with van der Waals surface area (Å²) in [4.78, 5) is 6.88. The Morgan fingerprint density at radius 1 is 0.727 bits per heavy atom. The molecule has 1 aliphatic rings. The van der Waals surface area contributed by atoms with Crippen molar-refractivity contribution in [2.24, 2.45) is 0 Å². The molecule has 158 valence electrons. The number of rotatable bonds is 3. The summed E-state index contributed by atoms with van der Waals surface area (Å²) in [6, 6.07) is 33.2. The van der Waals surface area contributed by atoms with Crippen LogP contribution in [0.3, 0.4) is 0 Å². The summed E-state index contributed by atoms with van der Waals surface area (Å²) in [5, 5.41) is 10.7. The van der Waals surface area contributed by atoms with Crippen molar-refractivity contribution in [1.29, 1.82) is 0 Å². The molecule has 5 heteroatoms. The van der Waals surface area contributed by atoms with Crippen molar-refractivity contribution in [1.82, 2.24) is 9.46 Å². The van der Waals surface area contributed by atoms with Crippen LogP contribution in [0.5, 0.6) is 5.75 Å². The maximum atomic E-state index is 10.7. The van der Waals surface area contributed by atoms with E-state index in [1.807, 2.05) is 36.7 Å². The van der Waals surface area contributed by atoms with Crippen molar-refractivity contribution < 1.29 is 5.11 Å². The van der Waals surface area contributed by atoms with E-state index in [1.165, 1.54) is 27.7 Å². The number of nitrogens with zero attached hydrogens (tertiary/aromatic N) is 3. The van der Waals surface area contributed by atoms with Crippen LogP contribution >= 0.6 is 0 Å². The lowest BCUT2D eigenvalue weighted by atomic mass is 9.59. The summed E-state index contributed by atoms with van der Waals surface area (Å²) in [5.74, 6) is 1.01. The van der Waals surface area contributed by atoms with Crippen molar-refractivity contribution in [3.63, 3.8) is 0 Å². The SMILES string of the molecule is CN1B(c2c(-c3ccccc3)cccc2-c2ccccc2)n2ccnc2-c2c(O)cccc21. The zero-order chi connectivity index (χ0) is 22.4. The highest BCUT2D eigenvalue weighted by molar-refractivity contribution is 6.78. The van der Waals surface area contributed by atoms with E-state index in [9.17, 15) is 5.11 Å². The van der Waals surface area contributed by atoms with E-state index in [-0.39, 0.29) is 12.7 Å². The molecule has 4 aromatic carbocycles. The Kier molecular flexibility index (Phi) is 4.54. The highest BCUT2D eigenvalue weighted by Crippen LogP contribution is 2.41. The minimum atomic E-state index is -0.136. The summed E-state index contributed by atoms with van der Waals surface area (Å²) in [7, 11) is 2.09. The number of phenolic OH excluding ortho intramolecular Hbond substituents is 1. The van der Waals surface area contributed by atoms with Crippen LogP contribution in [0.15, 0.2) is 109 Å². The minimum Gasteiger partial charge on any atom is -0.507 e. The Morgan fingerprint density at radius 3 is 1.97 bits per heavy atom. The van der Waals surface area contributed by atoms with Gasteiger partial charge in [-0.2, -0.15) is 0 Å². The van der Waals surface area contributed by atoms with Crippen LogP contribution in [0, 0.1) is 0 Å². The molecular formula is C28H22BN3O. The van der Waals surface area contributed by atoms with Crippen LogP contribution in [-0.4, -0.2) is 28.6 Å². The Morgan fingerprint density at radius 2 is 1.33 bits per heavy atom. The highest BCUT2D eigenvalue weighted by Gasteiger charge is 2.39. The van der Waals surface area contributed by atoms with Crippen LogP contribution < -0.4 is 10.3 Å². The average Bonchev–Trinajstić information content (AvgIpc) is 3.35. The molecule has 0 amide bonds. The predicted molar refractivity (Wildman–Crippen MR) is 136 cm³/mol. The fourth-order valence-electron chi connectivity index (χ4n) is 4.99. The van der Waals surface area contributed by atoms with Crippen molar-refractivity contribution >= 4 is 18.1 Å². The predicted octanol–water partition coefficient (Wildman–Crippen LogP) is 5.28. The van der Waals surface area contributed by atoms with Gasteiger partial charge in [-0.25, -0.2) is 4.98 Å². The summed E-state index contributed by atoms with van der Waals surface area (Å²) < 4.78 is 2.16. The number of benzene rings is 4. The van der Waals surface area contributed by atoms with Gasteiger partial charge < -0.3 is 14.4 Å². The molecule has 4 nitrogen and oxygen atoms in total. The third kappa shape index (κ3) is 3.05. The molecular weight excluding hydrogens is 405 g/mol. The van der Waals surface area contributed by atoms with Crippen LogP contribution in [0.1, 0.15) is 0 Å². The van der Waals surface area contributed by atoms with Crippen molar-refractivity contribution in [2.45, 2.75) is 0 Å². The number of phenols is 1. The molecule has 33 heavy (non-hydrogen) atoms. The third-order valence-corrected chi connectivity index (χ3v) is 6.46. The summed E-state index contributed by atoms with van der Waals surface area (Å²) in [6.45, 7) is -0.136. The van der Waals surface area contributed by atoms with Gasteiger partial charge in [-0.1, -0.05) is 84.9 Å². The highest BCUT2D eigenvalue weighted by atomic mass is 16.3. The molecule has 0 saturated carbocycles. The van der Waals surface area contributed by atoms with E-state index < -0.39 is 0 Å².